The van der Waals surface area contributed by atoms with Crippen LogP contribution in [0.15, 0.2) is 30.7 Å². The fourth-order valence-corrected chi connectivity index (χ4v) is 3.69. The second kappa shape index (κ2) is 6.96. The molecule has 0 spiro atoms. The summed E-state index contributed by atoms with van der Waals surface area (Å²) >= 11 is 0. The molecule has 140 valence electrons. The summed E-state index contributed by atoms with van der Waals surface area (Å²) in [4.78, 5) is 20.1. The van der Waals surface area contributed by atoms with Crippen LogP contribution in [0.3, 0.4) is 0 Å². The van der Waals surface area contributed by atoms with Crippen LogP contribution < -0.4 is 5.32 Å². The quantitative estimate of drug-likeness (QED) is 0.711. The van der Waals surface area contributed by atoms with E-state index in [4.69, 9.17) is 4.74 Å². The maximum absolute atomic E-state index is 11.8. The minimum atomic E-state index is -1.01. The number of carboxylic acids is 1. The monoisotopic (exact) mass is 367 g/mol. The van der Waals surface area contributed by atoms with Crippen LogP contribution in [0, 0.1) is 12.8 Å². The molecule has 1 aliphatic rings. The summed E-state index contributed by atoms with van der Waals surface area (Å²) in [7, 11) is 1.80. The number of pyridine rings is 2. The van der Waals surface area contributed by atoms with E-state index in [0.29, 0.717) is 24.5 Å². The Morgan fingerprint density at radius 2 is 2.15 bits per heavy atom. The Bertz CT molecular complexity index is 986. The molecule has 27 heavy (non-hydrogen) atoms. The minimum Gasteiger partial charge on any atom is -0.478 e. The van der Waals surface area contributed by atoms with Crippen molar-refractivity contribution in [2.75, 3.05) is 18.5 Å². The number of carbonyl (C=O) groups is 1. The molecule has 1 aliphatic heterocycles. The molecule has 0 unspecified atom stereocenters. The number of aryl methyl sites for hydroxylation is 2. The summed E-state index contributed by atoms with van der Waals surface area (Å²) in [6, 6.07) is 3.99. The van der Waals surface area contributed by atoms with Gasteiger partial charge in [0.1, 0.15) is 5.56 Å². The molecule has 1 fully saturated rings. The summed E-state index contributed by atoms with van der Waals surface area (Å²) in [5.74, 6) is -0.783. The average Bonchev–Trinajstić information content (AvgIpc) is 3.20. The summed E-state index contributed by atoms with van der Waals surface area (Å²) in [6.45, 7) is 3.01. The third-order valence-corrected chi connectivity index (χ3v) is 5.03. The van der Waals surface area contributed by atoms with Gasteiger partial charge in [0.05, 0.1) is 36.0 Å². The van der Waals surface area contributed by atoms with E-state index in [1.54, 1.807) is 24.1 Å². The predicted molar refractivity (Wildman–Crippen MR) is 99.9 cm³/mol. The SMILES string of the molecule is Cc1nn(C)c2ncc(C(=O)O)c(N[C@@H]3COC[C@H]3Cc3ccncc3)c12. The number of anilines is 1. The van der Waals surface area contributed by atoms with Gasteiger partial charge in [-0.1, -0.05) is 0 Å². The van der Waals surface area contributed by atoms with Gasteiger partial charge in [-0.3, -0.25) is 9.67 Å². The molecule has 8 nitrogen and oxygen atoms in total. The zero-order valence-electron chi connectivity index (χ0n) is 15.2. The molecule has 4 heterocycles. The molecule has 0 radical (unpaired) electrons. The Balaban J connectivity index is 1.69. The van der Waals surface area contributed by atoms with Gasteiger partial charge in [0.2, 0.25) is 0 Å². The third-order valence-electron chi connectivity index (χ3n) is 5.03. The average molecular weight is 367 g/mol. The van der Waals surface area contributed by atoms with E-state index in [2.05, 4.69) is 20.4 Å². The molecule has 3 aromatic rings. The van der Waals surface area contributed by atoms with Crippen LogP contribution in [0.25, 0.3) is 11.0 Å². The number of carboxylic acid groups (broad SMARTS) is 1. The van der Waals surface area contributed by atoms with E-state index in [9.17, 15) is 9.90 Å². The normalized spacial score (nSPS) is 19.5. The highest BCUT2D eigenvalue weighted by molar-refractivity contribution is 6.04. The molecule has 0 amide bonds. The molecule has 2 N–H and O–H groups in total. The van der Waals surface area contributed by atoms with Crippen molar-refractivity contribution in [2.45, 2.75) is 19.4 Å². The molecule has 0 aromatic carbocycles. The van der Waals surface area contributed by atoms with E-state index >= 15 is 0 Å². The number of fused-ring (bicyclic) bond motifs is 1. The maximum atomic E-state index is 11.8. The number of nitrogens with zero attached hydrogens (tertiary/aromatic N) is 4. The van der Waals surface area contributed by atoms with Gasteiger partial charge in [0, 0.05) is 31.6 Å². The van der Waals surface area contributed by atoms with Crippen molar-refractivity contribution < 1.29 is 14.6 Å². The number of rotatable bonds is 5. The first-order valence-corrected chi connectivity index (χ1v) is 8.83. The van der Waals surface area contributed by atoms with Gasteiger partial charge in [0.15, 0.2) is 5.65 Å². The van der Waals surface area contributed by atoms with Gasteiger partial charge in [-0.25, -0.2) is 9.78 Å². The van der Waals surface area contributed by atoms with Crippen molar-refractivity contribution in [1.29, 1.82) is 0 Å². The Morgan fingerprint density at radius 3 is 2.89 bits per heavy atom. The Hall–Kier alpha value is -3.00. The molecular formula is C19H21N5O3. The van der Waals surface area contributed by atoms with E-state index in [-0.39, 0.29) is 17.5 Å². The first kappa shape index (κ1) is 17.4. The smallest absolute Gasteiger partial charge is 0.339 e. The van der Waals surface area contributed by atoms with E-state index in [1.165, 1.54) is 11.8 Å². The molecule has 4 rings (SSSR count). The van der Waals surface area contributed by atoms with Crippen molar-refractivity contribution in [1.82, 2.24) is 19.7 Å². The van der Waals surface area contributed by atoms with Crippen LogP contribution in [-0.4, -0.2) is 50.1 Å². The van der Waals surface area contributed by atoms with Crippen molar-refractivity contribution in [3.63, 3.8) is 0 Å². The van der Waals surface area contributed by atoms with Crippen LogP contribution in [0.1, 0.15) is 21.6 Å². The van der Waals surface area contributed by atoms with Crippen molar-refractivity contribution in [3.8, 4) is 0 Å². The van der Waals surface area contributed by atoms with Gasteiger partial charge >= 0.3 is 5.97 Å². The standard InChI is InChI=1S/C19H21N5O3/c1-11-16-17(14(19(25)26)8-21-18(16)24(2)23-11)22-15-10-27-9-13(15)7-12-3-5-20-6-4-12/h3-6,8,13,15H,7,9-10H2,1-2H3,(H,21,22)(H,25,26)/t13-,15-/m1/s1. The van der Waals surface area contributed by atoms with Crippen LogP contribution in [0.4, 0.5) is 5.69 Å². The second-order valence-electron chi connectivity index (χ2n) is 6.87. The number of ether oxygens (including phenoxy) is 1. The van der Waals surface area contributed by atoms with E-state index < -0.39 is 5.97 Å². The lowest BCUT2D eigenvalue weighted by molar-refractivity contribution is 0.0697. The number of aromatic nitrogens is 4. The van der Waals surface area contributed by atoms with Gasteiger partial charge in [-0.05, 0) is 31.0 Å². The van der Waals surface area contributed by atoms with Crippen molar-refractivity contribution >= 4 is 22.7 Å². The van der Waals surface area contributed by atoms with E-state index in [0.717, 1.165) is 17.5 Å². The molecule has 0 saturated carbocycles. The Morgan fingerprint density at radius 1 is 1.37 bits per heavy atom. The highest BCUT2D eigenvalue weighted by atomic mass is 16.5. The fraction of sp³-hybridized carbons (Fsp3) is 0.368. The minimum absolute atomic E-state index is 0.00136. The molecule has 1 saturated heterocycles. The highest BCUT2D eigenvalue weighted by Gasteiger charge is 2.31. The topological polar surface area (TPSA) is 102 Å². The lowest BCUT2D eigenvalue weighted by Crippen LogP contribution is -2.30. The van der Waals surface area contributed by atoms with Crippen molar-refractivity contribution in [2.24, 2.45) is 13.0 Å². The lowest BCUT2D eigenvalue weighted by Gasteiger charge is -2.22. The van der Waals surface area contributed by atoms with Crippen molar-refractivity contribution in [3.05, 3.63) is 47.5 Å². The molecule has 8 heteroatoms. The molecule has 0 bridgehead atoms. The van der Waals surface area contributed by atoms with Crippen LogP contribution >= 0.6 is 0 Å². The van der Waals surface area contributed by atoms with Crippen LogP contribution in [-0.2, 0) is 18.2 Å². The van der Waals surface area contributed by atoms with Crippen LogP contribution in [0.5, 0.6) is 0 Å². The fourth-order valence-electron chi connectivity index (χ4n) is 3.69. The molecular weight excluding hydrogens is 346 g/mol. The van der Waals surface area contributed by atoms with Crippen LogP contribution in [0.2, 0.25) is 0 Å². The van der Waals surface area contributed by atoms with Gasteiger partial charge < -0.3 is 15.2 Å². The number of hydrogen-bond donors (Lipinski definition) is 2. The largest absolute Gasteiger partial charge is 0.478 e. The number of nitrogens with one attached hydrogen (secondary N) is 1. The number of hydrogen-bond acceptors (Lipinski definition) is 6. The summed E-state index contributed by atoms with van der Waals surface area (Å²) in [5, 5.41) is 18.2. The molecule has 0 aliphatic carbocycles. The predicted octanol–water partition coefficient (Wildman–Crippen LogP) is 2.04. The van der Waals surface area contributed by atoms with Gasteiger partial charge in [-0.15, -0.1) is 0 Å². The maximum Gasteiger partial charge on any atom is 0.339 e. The second-order valence-corrected chi connectivity index (χ2v) is 6.87. The Kier molecular flexibility index (Phi) is 4.49. The van der Waals surface area contributed by atoms with Gasteiger partial charge in [-0.2, -0.15) is 5.10 Å². The molecule has 3 aromatic heterocycles. The zero-order chi connectivity index (χ0) is 19.0. The highest BCUT2D eigenvalue weighted by Crippen LogP contribution is 2.31. The Labute approximate surface area is 156 Å². The first-order chi connectivity index (χ1) is 13.0. The first-order valence-electron chi connectivity index (χ1n) is 8.83. The summed E-state index contributed by atoms with van der Waals surface area (Å²) < 4.78 is 7.37. The molecule has 2 atom stereocenters. The zero-order valence-corrected chi connectivity index (χ0v) is 15.2. The summed E-state index contributed by atoms with van der Waals surface area (Å²) in [5.41, 5.74) is 3.30. The number of aromatic carboxylic acids is 1. The third kappa shape index (κ3) is 3.23. The van der Waals surface area contributed by atoms with E-state index in [1.807, 2.05) is 19.1 Å². The lowest BCUT2D eigenvalue weighted by atomic mass is 9.95. The van der Waals surface area contributed by atoms with Gasteiger partial charge in [0.25, 0.3) is 0 Å². The summed E-state index contributed by atoms with van der Waals surface area (Å²) in [6.07, 6.45) is 5.79.